The van der Waals surface area contributed by atoms with Gasteiger partial charge in [0.15, 0.2) is 5.78 Å². The van der Waals surface area contributed by atoms with Crippen molar-refractivity contribution in [3.63, 3.8) is 0 Å². The summed E-state index contributed by atoms with van der Waals surface area (Å²) in [6.07, 6.45) is 2.06. The number of hydrogen-bond donors (Lipinski definition) is 0. The van der Waals surface area contributed by atoms with E-state index in [0.717, 1.165) is 37.5 Å². The van der Waals surface area contributed by atoms with Crippen LogP contribution in [0.25, 0.3) is 0 Å². The van der Waals surface area contributed by atoms with E-state index in [2.05, 4.69) is 31.9 Å². The third-order valence-corrected chi connectivity index (χ3v) is 5.90. The van der Waals surface area contributed by atoms with Crippen LogP contribution in [0.2, 0.25) is 0 Å². The van der Waals surface area contributed by atoms with Crippen LogP contribution in [0.3, 0.4) is 0 Å². The fraction of sp³-hybridized carbons (Fsp3) is 0.500. The number of thiophene rings is 1. The van der Waals surface area contributed by atoms with E-state index < -0.39 is 0 Å². The van der Waals surface area contributed by atoms with Gasteiger partial charge in [-0.25, -0.2) is 0 Å². The van der Waals surface area contributed by atoms with E-state index in [1.165, 1.54) is 0 Å². The van der Waals surface area contributed by atoms with Crippen LogP contribution in [0.4, 0.5) is 0 Å². The Morgan fingerprint density at radius 3 is 2.53 bits per heavy atom. The van der Waals surface area contributed by atoms with Crippen molar-refractivity contribution >= 4 is 60.7 Å². The number of halogens is 2. The van der Waals surface area contributed by atoms with Gasteiger partial charge in [-0.1, -0.05) is 0 Å². The molecular formula is C10H10Br2OS2. The number of Topliss-reactive ketones (excluding diaryl/α,β-unsaturated/α-hetero) is 1. The largest absolute Gasteiger partial charge is 0.294 e. The Hall–Kier alpha value is 0.680. The lowest BCUT2D eigenvalue weighted by atomic mass is 9.94. The van der Waals surface area contributed by atoms with Crippen molar-refractivity contribution in [1.29, 1.82) is 0 Å². The van der Waals surface area contributed by atoms with Crippen LogP contribution in [-0.4, -0.2) is 17.3 Å². The second-order valence-electron chi connectivity index (χ2n) is 3.49. The zero-order valence-electron chi connectivity index (χ0n) is 7.96. The molecule has 0 aliphatic carbocycles. The monoisotopic (exact) mass is 368 g/mol. The minimum absolute atomic E-state index is 0.240. The Morgan fingerprint density at radius 1 is 1.33 bits per heavy atom. The third kappa shape index (κ3) is 2.87. The Morgan fingerprint density at radius 2 is 2.00 bits per heavy atom. The van der Waals surface area contributed by atoms with Gasteiger partial charge in [0.2, 0.25) is 0 Å². The lowest BCUT2D eigenvalue weighted by Gasteiger charge is -2.19. The summed E-state index contributed by atoms with van der Waals surface area (Å²) in [5.41, 5.74) is 0.851. The highest BCUT2D eigenvalue weighted by Crippen LogP contribution is 2.35. The first-order valence-electron chi connectivity index (χ1n) is 4.75. The molecule has 1 saturated heterocycles. The van der Waals surface area contributed by atoms with Gasteiger partial charge in [0.05, 0.1) is 7.57 Å². The van der Waals surface area contributed by atoms with Crippen LogP contribution in [-0.2, 0) is 0 Å². The number of hydrogen-bond acceptors (Lipinski definition) is 3. The van der Waals surface area contributed by atoms with Crippen molar-refractivity contribution in [2.45, 2.75) is 12.8 Å². The number of carbonyl (C=O) groups excluding carboxylic acids is 1. The molecule has 0 saturated carbocycles. The Balaban J connectivity index is 2.16. The highest BCUT2D eigenvalue weighted by atomic mass is 79.9. The molecule has 0 aromatic carbocycles. The molecule has 1 aliphatic heterocycles. The van der Waals surface area contributed by atoms with Crippen LogP contribution in [0, 0.1) is 5.92 Å². The Kier molecular flexibility index (Phi) is 4.32. The standard InChI is InChI=1S/C10H10Br2OS2/c11-8-5-7(10(12)15-8)9(13)6-1-3-14-4-2-6/h5-6H,1-4H2. The molecule has 0 spiro atoms. The minimum Gasteiger partial charge on any atom is -0.294 e. The molecule has 15 heavy (non-hydrogen) atoms. The summed E-state index contributed by atoms with van der Waals surface area (Å²) in [6.45, 7) is 0. The number of ketones is 1. The molecule has 0 unspecified atom stereocenters. The number of carbonyl (C=O) groups is 1. The average molecular weight is 370 g/mol. The molecule has 2 heterocycles. The normalized spacial score (nSPS) is 18.0. The topological polar surface area (TPSA) is 17.1 Å². The molecule has 82 valence electrons. The predicted molar refractivity (Wildman–Crippen MR) is 74.1 cm³/mol. The second kappa shape index (κ2) is 5.34. The highest BCUT2D eigenvalue weighted by Gasteiger charge is 2.25. The first-order chi connectivity index (χ1) is 7.18. The lowest BCUT2D eigenvalue weighted by Crippen LogP contribution is -2.19. The van der Waals surface area contributed by atoms with Crippen molar-refractivity contribution in [1.82, 2.24) is 0 Å². The summed E-state index contributed by atoms with van der Waals surface area (Å²) in [5, 5.41) is 0. The maximum atomic E-state index is 12.2. The molecule has 0 N–H and O–H groups in total. The van der Waals surface area contributed by atoms with E-state index in [0.29, 0.717) is 5.78 Å². The van der Waals surface area contributed by atoms with Gasteiger partial charge in [0, 0.05) is 11.5 Å². The van der Waals surface area contributed by atoms with Gasteiger partial charge in [-0.15, -0.1) is 11.3 Å². The molecule has 0 bridgehead atoms. The van der Waals surface area contributed by atoms with Gasteiger partial charge in [-0.3, -0.25) is 4.79 Å². The SMILES string of the molecule is O=C(c1cc(Br)sc1Br)C1CCSCC1. The van der Waals surface area contributed by atoms with Crippen LogP contribution < -0.4 is 0 Å². The van der Waals surface area contributed by atoms with E-state index in [1.54, 1.807) is 11.3 Å². The van der Waals surface area contributed by atoms with Crippen molar-refractivity contribution in [3.05, 3.63) is 19.2 Å². The van der Waals surface area contributed by atoms with Gasteiger partial charge in [0.25, 0.3) is 0 Å². The molecular weight excluding hydrogens is 360 g/mol. The minimum atomic E-state index is 0.240. The second-order valence-corrected chi connectivity index (χ2v) is 8.46. The van der Waals surface area contributed by atoms with Crippen LogP contribution in [0.5, 0.6) is 0 Å². The molecule has 0 radical (unpaired) electrons. The lowest BCUT2D eigenvalue weighted by molar-refractivity contribution is 0.0913. The third-order valence-electron chi connectivity index (χ3n) is 2.51. The van der Waals surface area contributed by atoms with Crippen molar-refractivity contribution < 1.29 is 4.79 Å². The smallest absolute Gasteiger partial charge is 0.168 e. The van der Waals surface area contributed by atoms with Gasteiger partial charge >= 0.3 is 0 Å². The Labute approximate surface area is 114 Å². The average Bonchev–Trinajstić information content (AvgIpc) is 2.58. The molecule has 2 rings (SSSR count). The predicted octanol–water partition coefficient (Wildman–Crippen LogP) is 4.60. The summed E-state index contributed by atoms with van der Waals surface area (Å²) in [6, 6.07) is 1.93. The maximum Gasteiger partial charge on any atom is 0.168 e. The maximum absolute atomic E-state index is 12.2. The van der Waals surface area contributed by atoms with E-state index in [-0.39, 0.29) is 5.92 Å². The fourth-order valence-corrected chi connectivity index (χ4v) is 5.61. The Bertz CT molecular complexity index is 369. The van der Waals surface area contributed by atoms with Crippen LogP contribution in [0.1, 0.15) is 23.2 Å². The molecule has 5 heteroatoms. The first-order valence-corrected chi connectivity index (χ1v) is 8.31. The van der Waals surface area contributed by atoms with E-state index >= 15 is 0 Å². The number of thioether (sulfide) groups is 1. The zero-order valence-corrected chi connectivity index (χ0v) is 12.8. The van der Waals surface area contributed by atoms with Crippen molar-refractivity contribution in [2.75, 3.05) is 11.5 Å². The van der Waals surface area contributed by atoms with Gasteiger partial charge in [-0.05, 0) is 62.3 Å². The van der Waals surface area contributed by atoms with Gasteiger partial charge in [0.1, 0.15) is 0 Å². The molecule has 0 amide bonds. The quantitative estimate of drug-likeness (QED) is 0.708. The van der Waals surface area contributed by atoms with E-state index in [1.807, 2.05) is 17.8 Å². The van der Waals surface area contributed by atoms with E-state index in [9.17, 15) is 4.79 Å². The van der Waals surface area contributed by atoms with Crippen LogP contribution >= 0.6 is 55.0 Å². The summed E-state index contributed by atoms with van der Waals surface area (Å²) in [4.78, 5) is 12.2. The summed E-state index contributed by atoms with van der Waals surface area (Å²) in [5.74, 6) is 2.80. The van der Waals surface area contributed by atoms with Crippen LogP contribution in [0.15, 0.2) is 13.6 Å². The molecule has 1 aromatic heterocycles. The van der Waals surface area contributed by atoms with Gasteiger partial charge < -0.3 is 0 Å². The summed E-state index contributed by atoms with van der Waals surface area (Å²) in [7, 11) is 0. The molecule has 0 atom stereocenters. The zero-order chi connectivity index (χ0) is 10.8. The summed E-state index contributed by atoms with van der Waals surface area (Å²) >= 11 is 10.4. The van der Waals surface area contributed by atoms with Crippen molar-refractivity contribution in [2.24, 2.45) is 5.92 Å². The van der Waals surface area contributed by atoms with Gasteiger partial charge in [-0.2, -0.15) is 11.8 Å². The molecule has 1 nitrogen and oxygen atoms in total. The fourth-order valence-electron chi connectivity index (χ4n) is 1.69. The first kappa shape index (κ1) is 12.1. The van der Waals surface area contributed by atoms with E-state index in [4.69, 9.17) is 0 Å². The molecule has 1 fully saturated rings. The molecule has 1 aromatic rings. The molecule has 1 aliphatic rings. The van der Waals surface area contributed by atoms with Crippen molar-refractivity contribution in [3.8, 4) is 0 Å². The highest BCUT2D eigenvalue weighted by molar-refractivity contribution is 9.12. The summed E-state index contributed by atoms with van der Waals surface area (Å²) < 4.78 is 1.97. The number of rotatable bonds is 2.